The van der Waals surface area contributed by atoms with Gasteiger partial charge in [0.15, 0.2) is 11.5 Å². The summed E-state index contributed by atoms with van der Waals surface area (Å²) >= 11 is 5.93. The smallest absolute Gasteiger partial charge is 0.344 e. The van der Waals surface area contributed by atoms with Gasteiger partial charge in [-0.3, -0.25) is 0 Å². The summed E-state index contributed by atoms with van der Waals surface area (Å²) in [5.41, 5.74) is 1.92. The van der Waals surface area contributed by atoms with Gasteiger partial charge in [-0.25, -0.2) is 9.59 Å². The van der Waals surface area contributed by atoms with Crippen LogP contribution in [0.5, 0.6) is 17.2 Å². The number of hydrogen-bond acceptors (Lipinski definition) is 6. The lowest BCUT2D eigenvalue weighted by molar-refractivity contribution is 0.0735. The first kappa shape index (κ1) is 21.5. The van der Waals surface area contributed by atoms with Crippen LogP contribution in [0.25, 0.3) is 22.1 Å². The molecule has 162 valence electrons. The van der Waals surface area contributed by atoms with Gasteiger partial charge in [0, 0.05) is 16.5 Å². The number of methoxy groups -OCH3 is 2. The fourth-order valence-electron chi connectivity index (χ4n) is 3.51. The van der Waals surface area contributed by atoms with Crippen molar-refractivity contribution in [1.29, 1.82) is 0 Å². The first-order valence-corrected chi connectivity index (χ1v) is 10.1. The Bertz CT molecular complexity index is 1390. The molecular formula is C25H19ClO6. The molecule has 0 fully saturated rings. The number of rotatable bonds is 5. The third-order valence-corrected chi connectivity index (χ3v) is 5.32. The van der Waals surface area contributed by atoms with Crippen molar-refractivity contribution >= 4 is 28.5 Å². The van der Waals surface area contributed by atoms with E-state index in [1.165, 1.54) is 19.2 Å². The van der Waals surface area contributed by atoms with Gasteiger partial charge in [0.2, 0.25) is 0 Å². The minimum atomic E-state index is -0.562. The van der Waals surface area contributed by atoms with Gasteiger partial charge in [-0.1, -0.05) is 23.7 Å². The summed E-state index contributed by atoms with van der Waals surface area (Å²) < 4.78 is 21.6. The lowest BCUT2D eigenvalue weighted by Gasteiger charge is -2.12. The first-order valence-electron chi connectivity index (χ1n) is 9.69. The van der Waals surface area contributed by atoms with Crippen molar-refractivity contribution < 1.29 is 23.4 Å². The molecule has 3 aromatic carbocycles. The summed E-state index contributed by atoms with van der Waals surface area (Å²) in [6.45, 7) is 1.84. The van der Waals surface area contributed by atoms with Crippen LogP contribution in [0.2, 0.25) is 5.02 Å². The third kappa shape index (κ3) is 4.05. The Balaban J connectivity index is 1.72. The molecule has 0 amide bonds. The van der Waals surface area contributed by atoms with Gasteiger partial charge in [-0.2, -0.15) is 0 Å². The predicted octanol–water partition coefficient (Wildman–Crippen LogP) is 5.66. The third-order valence-electron chi connectivity index (χ3n) is 5.08. The van der Waals surface area contributed by atoms with E-state index in [2.05, 4.69) is 0 Å². The molecule has 6 nitrogen and oxygen atoms in total. The number of hydrogen-bond donors (Lipinski definition) is 0. The Hall–Kier alpha value is -3.77. The normalized spacial score (nSPS) is 10.8. The summed E-state index contributed by atoms with van der Waals surface area (Å²) in [5.74, 6) is 0.758. The van der Waals surface area contributed by atoms with E-state index in [4.69, 9.17) is 30.2 Å². The van der Waals surface area contributed by atoms with Gasteiger partial charge in [0.05, 0.1) is 25.3 Å². The quantitative estimate of drug-likeness (QED) is 0.222. The number of aryl methyl sites for hydroxylation is 1. The van der Waals surface area contributed by atoms with E-state index in [1.807, 2.05) is 6.92 Å². The van der Waals surface area contributed by atoms with Crippen LogP contribution in [0.1, 0.15) is 15.9 Å². The van der Waals surface area contributed by atoms with E-state index in [9.17, 15) is 9.59 Å². The van der Waals surface area contributed by atoms with E-state index in [0.29, 0.717) is 38.8 Å². The summed E-state index contributed by atoms with van der Waals surface area (Å²) in [6.07, 6.45) is 0. The summed E-state index contributed by atoms with van der Waals surface area (Å²) in [7, 11) is 3.08. The highest BCUT2D eigenvalue weighted by Crippen LogP contribution is 2.34. The molecule has 0 atom stereocenters. The molecule has 4 aromatic rings. The van der Waals surface area contributed by atoms with Crippen molar-refractivity contribution in [2.75, 3.05) is 14.2 Å². The van der Waals surface area contributed by atoms with Crippen LogP contribution >= 0.6 is 11.6 Å². The Kier molecular flexibility index (Phi) is 5.88. The van der Waals surface area contributed by atoms with Gasteiger partial charge >= 0.3 is 11.6 Å². The van der Waals surface area contributed by atoms with E-state index in [-0.39, 0.29) is 5.75 Å². The minimum absolute atomic E-state index is 0.254. The summed E-state index contributed by atoms with van der Waals surface area (Å²) in [6, 6.07) is 16.6. The predicted molar refractivity (Wildman–Crippen MR) is 122 cm³/mol. The molecule has 0 aliphatic heterocycles. The van der Waals surface area contributed by atoms with Crippen LogP contribution < -0.4 is 19.8 Å². The highest BCUT2D eigenvalue weighted by molar-refractivity contribution is 6.30. The molecule has 0 radical (unpaired) electrons. The number of esters is 1. The average molecular weight is 451 g/mol. The van der Waals surface area contributed by atoms with Gasteiger partial charge in [-0.05, 0) is 60.5 Å². The summed E-state index contributed by atoms with van der Waals surface area (Å²) in [4.78, 5) is 25.2. The number of carbonyl (C=O) groups excluding carboxylic acids is 1. The van der Waals surface area contributed by atoms with Crippen molar-refractivity contribution in [1.82, 2.24) is 0 Å². The molecule has 32 heavy (non-hydrogen) atoms. The Morgan fingerprint density at radius 3 is 2.44 bits per heavy atom. The van der Waals surface area contributed by atoms with Crippen LogP contribution in [0.15, 0.2) is 69.9 Å². The van der Waals surface area contributed by atoms with Crippen molar-refractivity contribution in [2.45, 2.75) is 6.92 Å². The molecule has 0 unspecified atom stereocenters. The van der Waals surface area contributed by atoms with E-state index >= 15 is 0 Å². The van der Waals surface area contributed by atoms with E-state index in [1.54, 1.807) is 55.6 Å². The second-order valence-corrected chi connectivity index (χ2v) is 7.45. The fourth-order valence-corrected chi connectivity index (χ4v) is 3.70. The second-order valence-electron chi connectivity index (χ2n) is 7.02. The molecule has 0 saturated heterocycles. The number of carbonyl (C=O) groups is 1. The molecule has 1 heterocycles. The molecule has 1 aromatic heterocycles. The maximum absolute atomic E-state index is 12.8. The SMILES string of the molecule is COc1ccc(-c2c(C)c3ccc(OC(=O)c4cccc(Cl)c4)cc3oc2=O)cc1OC. The zero-order valence-electron chi connectivity index (χ0n) is 17.6. The van der Waals surface area contributed by atoms with Crippen LogP contribution in [0.3, 0.4) is 0 Å². The average Bonchev–Trinajstić information content (AvgIpc) is 2.78. The van der Waals surface area contributed by atoms with Gasteiger partial charge in [0.1, 0.15) is 11.3 Å². The Labute approximate surface area is 188 Å². The molecule has 7 heteroatoms. The molecule has 0 bridgehead atoms. The number of benzene rings is 3. The Morgan fingerprint density at radius 1 is 0.938 bits per heavy atom. The van der Waals surface area contributed by atoms with Crippen molar-refractivity contribution in [3.63, 3.8) is 0 Å². The minimum Gasteiger partial charge on any atom is -0.493 e. The highest BCUT2D eigenvalue weighted by Gasteiger charge is 2.17. The monoisotopic (exact) mass is 450 g/mol. The van der Waals surface area contributed by atoms with Crippen LogP contribution in [-0.2, 0) is 0 Å². The Morgan fingerprint density at radius 2 is 1.72 bits per heavy atom. The second kappa shape index (κ2) is 8.77. The topological polar surface area (TPSA) is 75.0 Å². The standard InChI is InChI=1S/C25H19ClO6/c1-14-19-9-8-18(31-24(27)16-5-4-6-17(26)11-16)13-21(19)32-25(28)23(14)15-7-10-20(29-2)22(12-15)30-3/h4-13H,1-3H3. The number of halogens is 1. The van der Waals surface area contributed by atoms with E-state index < -0.39 is 11.6 Å². The fraction of sp³-hybridized carbons (Fsp3) is 0.120. The van der Waals surface area contributed by atoms with Crippen molar-refractivity contribution in [2.24, 2.45) is 0 Å². The molecule has 0 spiro atoms. The van der Waals surface area contributed by atoms with Gasteiger partial charge in [0.25, 0.3) is 0 Å². The lowest BCUT2D eigenvalue weighted by Crippen LogP contribution is -2.09. The molecule has 0 N–H and O–H groups in total. The molecular weight excluding hydrogens is 432 g/mol. The molecule has 0 aliphatic carbocycles. The van der Waals surface area contributed by atoms with Crippen molar-refractivity contribution in [3.8, 4) is 28.4 Å². The zero-order chi connectivity index (χ0) is 22.8. The number of fused-ring (bicyclic) bond motifs is 1. The molecule has 0 aliphatic rings. The summed E-state index contributed by atoms with van der Waals surface area (Å²) in [5, 5.41) is 1.15. The van der Waals surface area contributed by atoms with Crippen LogP contribution in [0.4, 0.5) is 0 Å². The van der Waals surface area contributed by atoms with Crippen LogP contribution in [0, 0.1) is 6.92 Å². The highest BCUT2D eigenvalue weighted by atomic mass is 35.5. The lowest BCUT2D eigenvalue weighted by atomic mass is 9.99. The van der Waals surface area contributed by atoms with Gasteiger partial charge < -0.3 is 18.6 Å². The van der Waals surface area contributed by atoms with E-state index in [0.717, 1.165) is 10.9 Å². The maximum atomic E-state index is 12.8. The maximum Gasteiger partial charge on any atom is 0.344 e. The largest absolute Gasteiger partial charge is 0.493 e. The van der Waals surface area contributed by atoms with Crippen molar-refractivity contribution in [3.05, 3.63) is 87.2 Å². The van der Waals surface area contributed by atoms with Crippen LogP contribution in [-0.4, -0.2) is 20.2 Å². The number of ether oxygens (including phenoxy) is 3. The first-order chi connectivity index (χ1) is 15.4. The zero-order valence-corrected chi connectivity index (χ0v) is 18.4. The molecule has 4 rings (SSSR count). The molecule has 0 saturated carbocycles. The van der Waals surface area contributed by atoms with Gasteiger partial charge in [-0.15, -0.1) is 0 Å².